The predicted octanol–water partition coefficient (Wildman–Crippen LogP) is 11.4. The van der Waals surface area contributed by atoms with Crippen LogP contribution >= 0.6 is 0 Å². The molecule has 6 nitrogen and oxygen atoms in total. The SMILES string of the molecule is CCCCCCCCCCN(CCCCO)CCCCCCC(CC)(C(=O)OCCCCCCCC)C(=O)OCCCCCCCC. The number of rotatable bonds is 37. The summed E-state index contributed by atoms with van der Waals surface area (Å²) < 4.78 is 11.5. The van der Waals surface area contributed by atoms with E-state index >= 15 is 0 Å². The van der Waals surface area contributed by atoms with Crippen molar-refractivity contribution < 1.29 is 24.2 Å². The van der Waals surface area contributed by atoms with Crippen molar-refractivity contribution in [3.8, 4) is 0 Å². The van der Waals surface area contributed by atoms with E-state index in [-0.39, 0.29) is 18.5 Å². The smallest absolute Gasteiger partial charge is 0.323 e. The molecule has 0 unspecified atom stereocenters. The van der Waals surface area contributed by atoms with Crippen LogP contribution < -0.4 is 0 Å². The molecule has 0 aromatic rings. The summed E-state index contributed by atoms with van der Waals surface area (Å²) in [6.45, 7) is 13.0. The van der Waals surface area contributed by atoms with Crippen molar-refractivity contribution in [2.45, 2.75) is 207 Å². The van der Waals surface area contributed by atoms with Gasteiger partial charge in [-0.15, -0.1) is 0 Å². The van der Waals surface area contributed by atoms with E-state index in [1.807, 2.05) is 6.92 Å². The molecule has 0 saturated heterocycles. The molecule has 0 aliphatic heterocycles. The van der Waals surface area contributed by atoms with Gasteiger partial charge in [-0.25, -0.2) is 0 Å². The summed E-state index contributed by atoms with van der Waals surface area (Å²) in [5.74, 6) is -0.746. The third-order valence-corrected chi connectivity index (χ3v) is 9.89. The average molecular weight is 668 g/mol. The summed E-state index contributed by atoms with van der Waals surface area (Å²) in [6.07, 6.45) is 31.2. The Hall–Kier alpha value is -1.14. The number of esters is 2. The maximum Gasteiger partial charge on any atom is 0.323 e. The van der Waals surface area contributed by atoms with E-state index < -0.39 is 5.41 Å². The summed E-state index contributed by atoms with van der Waals surface area (Å²) in [7, 11) is 0. The van der Waals surface area contributed by atoms with E-state index in [1.165, 1.54) is 103 Å². The molecule has 280 valence electrons. The van der Waals surface area contributed by atoms with Crippen LogP contribution in [0.3, 0.4) is 0 Å². The van der Waals surface area contributed by atoms with E-state index in [2.05, 4.69) is 25.7 Å². The first-order valence-corrected chi connectivity index (χ1v) is 20.7. The number of hydrogen-bond donors (Lipinski definition) is 1. The summed E-state index contributed by atoms with van der Waals surface area (Å²) in [4.78, 5) is 29.5. The highest BCUT2D eigenvalue weighted by Crippen LogP contribution is 2.33. The second kappa shape index (κ2) is 34.7. The van der Waals surface area contributed by atoms with E-state index in [1.54, 1.807) is 0 Å². The average Bonchev–Trinajstić information content (AvgIpc) is 3.08. The third kappa shape index (κ3) is 25.5. The minimum Gasteiger partial charge on any atom is -0.465 e. The Balaban J connectivity index is 4.83. The predicted molar refractivity (Wildman–Crippen MR) is 200 cm³/mol. The van der Waals surface area contributed by atoms with Gasteiger partial charge in [0.15, 0.2) is 5.41 Å². The number of carbonyl (C=O) groups is 2. The van der Waals surface area contributed by atoms with Crippen LogP contribution in [-0.2, 0) is 19.1 Å². The van der Waals surface area contributed by atoms with E-state index in [0.29, 0.717) is 26.1 Å². The lowest BCUT2D eigenvalue weighted by molar-refractivity contribution is -0.174. The van der Waals surface area contributed by atoms with Crippen molar-refractivity contribution in [2.75, 3.05) is 39.5 Å². The fraction of sp³-hybridized carbons (Fsp3) is 0.951. The second-order valence-corrected chi connectivity index (χ2v) is 14.2. The molecule has 0 aliphatic rings. The lowest BCUT2D eigenvalue weighted by atomic mass is 9.80. The van der Waals surface area contributed by atoms with Crippen molar-refractivity contribution in [3.63, 3.8) is 0 Å². The quantitative estimate of drug-likeness (QED) is 0.0404. The van der Waals surface area contributed by atoms with E-state index in [0.717, 1.165) is 83.8 Å². The third-order valence-electron chi connectivity index (χ3n) is 9.89. The number of hydrogen-bond acceptors (Lipinski definition) is 6. The lowest BCUT2D eigenvalue weighted by Crippen LogP contribution is -2.42. The van der Waals surface area contributed by atoms with Gasteiger partial charge in [-0.05, 0) is 71.0 Å². The number of nitrogens with zero attached hydrogens (tertiary/aromatic N) is 1. The van der Waals surface area contributed by atoms with E-state index in [9.17, 15) is 14.7 Å². The highest BCUT2D eigenvalue weighted by atomic mass is 16.6. The zero-order valence-corrected chi connectivity index (χ0v) is 32.1. The van der Waals surface area contributed by atoms with Gasteiger partial charge < -0.3 is 19.5 Å². The normalized spacial score (nSPS) is 11.8. The topological polar surface area (TPSA) is 76.1 Å². The molecule has 0 heterocycles. The Morgan fingerprint density at radius 2 is 0.809 bits per heavy atom. The summed E-state index contributed by atoms with van der Waals surface area (Å²) in [5, 5.41) is 9.27. The molecule has 1 N–H and O–H groups in total. The monoisotopic (exact) mass is 668 g/mol. The number of ether oxygens (including phenoxy) is 2. The standard InChI is InChI=1S/C41H81NO5/c1-5-9-12-15-18-19-21-26-33-42(35-28-29-36-43)34-27-22-20-25-32-41(8-4,39(44)46-37-30-23-16-13-10-6-2)40(45)47-38-31-24-17-14-11-7-3/h43H,5-38H2,1-4H3. The van der Waals surface area contributed by atoms with Gasteiger partial charge in [0.25, 0.3) is 0 Å². The van der Waals surface area contributed by atoms with Gasteiger partial charge in [-0.2, -0.15) is 0 Å². The van der Waals surface area contributed by atoms with Gasteiger partial charge in [0.1, 0.15) is 0 Å². The molecule has 47 heavy (non-hydrogen) atoms. The Bertz CT molecular complexity index is 655. The van der Waals surface area contributed by atoms with Crippen LogP contribution in [0.5, 0.6) is 0 Å². The molecule has 0 saturated carbocycles. The maximum absolute atomic E-state index is 13.5. The highest BCUT2D eigenvalue weighted by Gasteiger charge is 2.46. The minimum absolute atomic E-state index is 0.271. The molecule has 0 fully saturated rings. The molecule has 0 bridgehead atoms. The van der Waals surface area contributed by atoms with Crippen LogP contribution in [0.1, 0.15) is 207 Å². The summed E-state index contributed by atoms with van der Waals surface area (Å²) >= 11 is 0. The zero-order valence-electron chi connectivity index (χ0n) is 32.1. The number of unbranched alkanes of at least 4 members (excludes halogenated alkanes) is 21. The molecule has 0 aromatic carbocycles. The van der Waals surface area contributed by atoms with Gasteiger partial charge in [0.2, 0.25) is 0 Å². The molecule has 6 heteroatoms. The molecule has 0 aromatic heterocycles. The fourth-order valence-corrected chi connectivity index (χ4v) is 6.49. The fourth-order valence-electron chi connectivity index (χ4n) is 6.49. The van der Waals surface area contributed by atoms with Crippen LogP contribution in [-0.4, -0.2) is 61.4 Å². The largest absolute Gasteiger partial charge is 0.465 e. The van der Waals surface area contributed by atoms with Gasteiger partial charge in [-0.1, -0.05) is 156 Å². The summed E-state index contributed by atoms with van der Waals surface area (Å²) in [5.41, 5.74) is -1.18. The molecule has 0 amide bonds. The number of carbonyl (C=O) groups excluding carboxylic acids is 2. The molecule has 0 rings (SSSR count). The molecule has 0 radical (unpaired) electrons. The van der Waals surface area contributed by atoms with Gasteiger partial charge in [-0.3, -0.25) is 9.59 Å². The van der Waals surface area contributed by atoms with Gasteiger partial charge in [0.05, 0.1) is 13.2 Å². The summed E-state index contributed by atoms with van der Waals surface area (Å²) in [6, 6.07) is 0. The second-order valence-electron chi connectivity index (χ2n) is 14.2. The van der Waals surface area contributed by atoms with Crippen LogP contribution in [0, 0.1) is 5.41 Å². The zero-order chi connectivity index (χ0) is 34.7. The molecular formula is C41H81NO5. The van der Waals surface area contributed by atoms with Crippen molar-refractivity contribution >= 4 is 11.9 Å². The first-order chi connectivity index (χ1) is 23.0. The van der Waals surface area contributed by atoms with Crippen molar-refractivity contribution in [3.05, 3.63) is 0 Å². The highest BCUT2D eigenvalue weighted by molar-refractivity contribution is 6.00. The minimum atomic E-state index is -1.18. The molecular weight excluding hydrogens is 586 g/mol. The van der Waals surface area contributed by atoms with Crippen LogP contribution in [0.2, 0.25) is 0 Å². The van der Waals surface area contributed by atoms with Crippen molar-refractivity contribution in [2.24, 2.45) is 5.41 Å². The molecule has 0 aliphatic carbocycles. The van der Waals surface area contributed by atoms with Gasteiger partial charge in [0, 0.05) is 6.61 Å². The number of aliphatic hydroxyl groups excluding tert-OH is 1. The van der Waals surface area contributed by atoms with Crippen LogP contribution in [0.15, 0.2) is 0 Å². The first kappa shape index (κ1) is 45.9. The molecule has 0 spiro atoms. The Kier molecular flexibility index (Phi) is 33.9. The van der Waals surface area contributed by atoms with E-state index in [4.69, 9.17) is 9.47 Å². The Morgan fingerprint density at radius 1 is 0.468 bits per heavy atom. The lowest BCUT2D eigenvalue weighted by Gasteiger charge is -2.28. The van der Waals surface area contributed by atoms with Gasteiger partial charge >= 0.3 is 11.9 Å². The first-order valence-electron chi connectivity index (χ1n) is 20.7. The number of aliphatic hydroxyl groups is 1. The Morgan fingerprint density at radius 3 is 1.19 bits per heavy atom. The molecule has 0 atom stereocenters. The van der Waals surface area contributed by atoms with Crippen molar-refractivity contribution in [1.29, 1.82) is 0 Å². The van der Waals surface area contributed by atoms with Crippen LogP contribution in [0.25, 0.3) is 0 Å². The Labute approximate surface area is 292 Å². The van der Waals surface area contributed by atoms with Crippen molar-refractivity contribution in [1.82, 2.24) is 4.90 Å². The van der Waals surface area contributed by atoms with Crippen LogP contribution in [0.4, 0.5) is 0 Å². The maximum atomic E-state index is 13.5.